The van der Waals surface area contributed by atoms with Crippen LogP contribution in [0.2, 0.25) is 0 Å². The molecule has 1 fully saturated rings. The summed E-state index contributed by atoms with van der Waals surface area (Å²) in [6, 6.07) is 2.11. The van der Waals surface area contributed by atoms with Crippen LogP contribution in [0.4, 0.5) is 4.39 Å². The lowest BCUT2D eigenvalue weighted by Crippen LogP contribution is -2.16. The first-order chi connectivity index (χ1) is 10.1. The lowest BCUT2D eigenvalue weighted by atomic mass is 9.75. The maximum absolute atomic E-state index is 13.6. The summed E-state index contributed by atoms with van der Waals surface area (Å²) in [4.78, 5) is 4.44. The molecule has 2 aliphatic carbocycles. The fourth-order valence-electron chi connectivity index (χ4n) is 3.89. The molecule has 3 rings (SSSR count). The number of fused-ring (bicyclic) bond motifs is 1. The van der Waals surface area contributed by atoms with E-state index >= 15 is 0 Å². The Labute approximate surface area is 127 Å². The van der Waals surface area contributed by atoms with E-state index in [0.717, 1.165) is 30.0 Å². The monoisotopic (exact) mass is 285 g/mol. The van der Waals surface area contributed by atoms with Gasteiger partial charge in [0.1, 0.15) is 5.83 Å². The van der Waals surface area contributed by atoms with Crippen LogP contribution in [0.3, 0.4) is 0 Å². The van der Waals surface area contributed by atoms with E-state index in [1.165, 1.54) is 36.8 Å². The molecule has 0 spiro atoms. The summed E-state index contributed by atoms with van der Waals surface area (Å²) in [5.74, 6) is 1.38. The highest BCUT2D eigenvalue weighted by molar-refractivity contribution is 5.60. The van der Waals surface area contributed by atoms with Crippen molar-refractivity contribution in [3.8, 4) is 0 Å². The molecule has 21 heavy (non-hydrogen) atoms. The van der Waals surface area contributed by atoms with Gasteiger partial charge in [-0.15, -0.1) is 6.58 Å². The third-order valence-electron chi connectivity index (χ3n) is 4.93. The molecule has 0 aliphatic heterocycles. The number of hydrogen-bond acceptors (Lipinski definition) is 1. The number of pyridine rings is 1. The minimum atomic E-state index is 0.00715. The van der Waals surface area contributed by atoms with Crippen molar-refractivity contribution in [2.45, 2.75) is 57.8 Å². The molecule has 2 aliphatic rings. The molecule has 0 saturated heterocycles. The van der Waals surface area contributed by atoms with E-state index in [1.807, 2.05) is 6.20 Å². The second-order valence-corrected chi connectivity index (χ2v) is 6.73. The maximum atomic E-state index is 13.6. The molecule has 1 aromatic rings. The van der Waals surface area contributed by atoms with Crippen molar-refractivity contribution in [1.82, 2.24) is 4.98 Å². The highest BCUT2D eigenvalue weighted by Gasteiger charge is 2.25. The van der Waals surface area contributed by atoms with Crippen molar-refractivity contribution in [3.63, 3.8) is 0 Å². The van der Waals surface area contributed by atoms with Crippen molar-refractivity contribution >= 4 is 6.08 Å². The number of aromatic nitrogens is 1. The first-order valence-corrected chi connectivity index (χ1v) is 8.11. The Morgan fingerprint density at radius 2 is 2.05 bits per heavy atom. The van der Waals surface area contributed by atoms with Crippen LogP contribution in [0.15, 0.2) is 30.2 Å². The van der Waals surface area contributed by atoms with Gasteiger partial charge < -0.3 is 0 Å². The Bertz CT molecular complexity index is 565. The van der Waals surface area contributed by atoms with Gasteiger partial charge in [-0.2, -0.15) is 0 Å². The van der Waals surface area contributed by atoms with E-state index in [0.29, 0.717) is 12.3 Å². The van der Waals surface area contributed by atoms with Gasteiger partial charge in [-0.1, -0.05) is 5.57 Å². The third-order valence-corrected chi connectivity index (χ3v) is 4.93. The number of allylic oxidation sites excluding steroid dienone is 2. The molecule has 1 heterocycles. The molecule has 2 heteroatoms. The second kappa shape index (κ2) is 6.13. The van der Waals surface area contributed by atoms with Gasteiger partial charge in [0.25, 0.3) is 0 Å². The Morgan fingerprint density at radius 3 is 2.76 bits per heavy atom. The number of hydrogen-bond donors (Lipinski definition) is 0. The summed E-state index contributed by atoms with van der Waals surface area (Å²) in [6.07, 6.45) is 11.0. The summed E-state index contributed by atoms with van der Waals surface area (Å²) >= 11 is 0. The van der Waals surface area contributed by atoms with Crippen molar-refractivity contribution < 1.29 is 4.39 Å². The zero-order valence-electron chi connectivity index (χ0n) is 12.9. The first kappa shape index (κ1) is 14.5. The predicted octanol–water partition coefficient (Wildman–Crippen LogP) is 5.58. The highest BCUT2D eigenvalue weighted by Crippen LogP contribution is 2.40. The topological polar surface area (TPSA) is 12.9 Å². The molecule has 0 bridgehead atoms. The Hall–Kier alpha value is -1.44. The Kier molecular flexibility index (Phi) is 4.23. The fraction of sp³-hybridized carbons (Fsp3) is 0.526. The number of nitrogens with zero attached hydrogens (tertiary/aromatic N) is 1. The average molecular weight is 285 g/mol. The minimum absolute atomic E-state index is 0.00715. The summed E-state index contributed by atoms with van der Waals surface area (Å²) in [5, 5.41) is 0. The molecule has 0 atom stereocenters. The van der Waals surface area contributed by atoms with E-state index in [1.54, 1.807) is 6.08 Å². The zero-order valence-corrected chi connectivity index (χ0v) is 12.9. The van der Waals surface area contributed by atoms with Gasteiger partial charge in [-0.25, -0.2) is 4.39 Å². The van der Waals surface area contributed by atoms with Crippen LogP contribution in [0.25, 0.3) is 6.08 Å². The van der Waals surface area contributed by atoms with Crippen LogP contribution >= 0.6 is 0 Å². The van der Waals surface area contributed by atoms with Crippen LogP contribution in [-0.4, -0.2) is 4.98 Å². The van der Waals surface area contributed by atoms with Gasteiger partial charge in [-0.05, 0) is 75.0 Å². The van der Waals surface area contributed by atoms with Gasteiger partial charge in [0, 0.05) is 23.9 Å². The van der Waals surface area contributed by atoms with Crippen LogP contribution in [-0.2, 0) is 6.42 Å². The molecule has 0 amide bonds. The van der Waals surface area contributed by atoms with Gasteiger partial charge in [0.15, 0.2) is 0 Å². The van der Waals surface area contributed by atoms with E-state index in [4.69, 9.17) is 0 Å². The van der Waals surface area contributed by atoms with Crippen LogP contribution < -0.4 is 0 Å². The molecule has 1 saturated carbocycles. The molecule has 0 aromatic carbocycles. The third kappa shape index (κ3) is 3.25. The van der Waals surface area contributed by atoms with Crippen LogP contribution in [0.5, 0.6) is 0 Å². The number of aryl methyl sites for hydroxylation is 1. The molecule has 0 unspecified atom stereocenters. The normalized spacial score (nSPS) is 25.1. The molecule has 0 N–H and O–H groups in total. The Morgan fingerprint density at radius 1 is 1.29 bits per heavy atom. The van der Waals surface area contributed by atoms with Crippen LogP contribution in [0, 0.1) is 5.92 Å². The Balaban J connectivity index is 1.76. The average Bonchev–Trinajstić information content (AvgIpc) is 2.47. The minimum Gasteiger partial charge on any atom is -0.261 e. The maximum Gasteiger partial charge on any atom is 0.101 e. The lowest BCUT2D eigenvalue weighted by Gasteiger charge is -2.30. The predicted molar refractivity (Wildman–Crippen MR) is 85.8 cm³/mol. The second-order valence-electron chi connectivity index (χ2n) is 6.73. The largest absolute Gasteiger partial charge is 0.261 e. The van der Waals surface area contributed by atoms with E-state index < -0.39 is 0 Å². The van der Waals surface area contributed by atoms with Crippen molar-refractivity contribution in [2.24, 2.45) is 5.92 Å². The first-order valence-electron chi connectivity index (χ1n) is 8.11. The standard InChI is InChI=1S/C19H24FN/c1-13(2)11-14-3-5-15(6-4-14)17-9-10-21-19-8-7-16(20)12-18(17)19/h9-10,12,14-15H,1,3-8,11H2,2H3. The summed E-state index contributed by atoms with van der Waals surface area (Å²) in [5.41, 5.74) is 4.77. The summed E-state index contributed by atoms with van der Waals surface area (Å²) in [7, 11) is 0. The molecule has 112 valence electrons. The van der Waals surface area contributed by atoms with Crippen molar-refractivity contribution in [2.75, 3.05) is 0 Å². The van der Waals surface area contributed by atoms with Gasteiger partial charge in [0.05, 0.1) is 0 Å². The van der Waals surface area contributed by atoms with E-state index in [9.17, 15) is 4.39 Å². The van der Waals surface area contributed by atoms with E-state index in [2.05, 4.69) is 24.6 Å². The highest BCUT2D eigenvalue weighted by atomic mass is 19.1. The molecular formula is C19H24FN. The number of rotatable bonds is 3. The smallest absolute Gasteiger partial charge is 0.101 e. The molecule has 1 aromatic heterocycles. The fourth-order valence-corrected chi connectivity index (χ4v) is 3.89. The molecular weight excluding hydrogens is 261 g/mol. The zero-order chi connectivity index (χ0) is 14.8. The lowest BCUT2D eigenvalue weighted by molar-refractivity contribution is 0.324. The van der Waals surface area contributed by atoms with Crippen LogP contribution in [0.1, 0.15) is 68.2 Å². The molecule has 1 nitrogen and oxygen atoms in total. The van der Waals surface area contributed by atoms with Crippen molar-refractivity contribution in [1.29, 1.82) is 0 Å². The molecule has 0 radical (unpaired) electrons. The van der Waals surface area contributed by atoms with E-state index in [-0.39, 0.29) is 5.83 Å². The van der Waals surface area contributed by atoms with Gasteiger partial charge in [-0.3, -0.25) is 4.98 Å². The van der Waals surface area contributed by atoms with Gasteiger partial charge in [0.2, 0.25) is 0 Å². The quantitative estimate of drug-likeness (QED) is 0.661. The summed E-state index contributed by atoms with van der Waals surface area (Å²) < 4.78 is 13.6. The number of halogens is 1. The van der Waals surface area contributed by atoms with Crippen molar-refractivity contribution in [3.05, 3.63) is 47.1 Å². The van der Waals surface area contributed by atoms with Gasteiger partial charge >= 0.3 is 0 Å². The summed E-state index contributed by atoms with van der Waals surface area (Å²) in [6.45, 7) is 6.16. The SMILES string of the molecule is C=C(C)CC1CCC(c2ccnc3c2C=C(F)CC3)CC1.